The molecular weight excluding hydrogens is 326 g/mol. The van der Waals surface area contributed by atoms with Crippen LogP contribution in [0.15, 0.2) is 56.3 Å². The highest BCUT2D eigenvalue weighted by atomic mass is 16.4. The summed E-state index contributed by atoms with van der Waals surface area (Å²) in [6.45, 7) is 2.04. The van der Waals surface area contributed by atoms with Crippen molar-refractivity contribution >= 4 is 17.1 Å². The Morgan fingerprint density at radius 3 is 2.80 bits per heavy atom. The third kappa shape index (κ3) is 3.74. The molecule has 0 aliphatic carbocycles. The van der Waals surface area contributed by atoms with Crippen LogP contribution >= 0.6 is 0 Å². The fourth-order valence-electron chi connectivity index (χ4n) is 2.49. The Kier molecular flexibility index (Phi) is 4.62. The number of rotatable bonds is 6. The lowest BCUT2D eigenvalue weighted by molar-refractivity contribution is 0.0367. The largest absolute Gasteiger partial charge is 0.466 e. The second-order valence-electron chi connectivity index (χ2n) is 5.85. The van der Waals surface area contributed by atoms with Crippen LogP contribution in [0.25, 0.3) is 11.1 Å². The Hall–Kier alpha value is -3.00. The van der Waals surface area contributed by atoms with Gasteiger partial charge in [-0.15, -0.1) is 0 Å². The molecule has 0 saturated heterocycles. The Bertz CT molecular complexity index is 908. The van der Waals surface area contributed by atoms with Gasteiger partial charge in [0.15, 0.2) is 5.58 Å². The van der Waals surface area contributed by atoms with E-state index in [4.69, 9.17) is 8.83 Å². The molecule has 1 aromatic carbocycles. The van der Waals surface area contributed by atoms with Gasteiger partial charge in [-0.2, -0.15) is 0 Å². The molecule has 2 heterocycles. The van der Waals surface area contributed by atoms with Gasteiger partial charge < -0.3 is 24.6 Å². The first-order chi connectivity index (χ1) is 12.0. The first kappa shape index (κ1) is 16.8. The Morgan fingerprint density at radius 2 is 2.04 bits per heavy atom. The molecular formula is C17H19N3O5. The van der Waals surface area contributed by atoms with Crippen LogP contribution in [0.3, 0.4) is 0 Å². The van der Waals surface area contributed by atoms with Gasteiger partial charge in [0.05, 0.1) is 18.3 Å². The van der Waals surface area contributed by atoms with Crippen molar-refractivity contribution in [2.45, 2.75) is 19.1 Å². The number of urea groups is 1. The van der Waals surface area contributed by atoms with Gasteiger partial charge in [0, 0.05) is 13.1 Å². The van der Waals surface area contributed by atoms with Gasteiger partial charge in [-0.3, -0.25) is 4.57 Å². The van der Waals surface area contributed by atoms with Crippen molar-refractivity contribution in [3.8, 4) is 0 Å². The maximum absolute atomic E-state index is 11.9. The van der Waals surface area contributed by atoms with Crippen LogP contribution in [0.4, 0.5) is 4.79 Å². The van der Waals surface area contributed by atoms with E-state index in [1.807, 2.05) is 6.07 Å². The van der Waals surface area contributed by atoms with Gasteiger partial charge >= 0.3 is 11.8 Å². The molecule has 0 radical (unpaired) electrons. The van der Waals surface area contributed by atoms with E-state index in [0.29, 0.717) is 16.9 Å². The molecule has 8 heteroatoms. The minimum absolute atomic E-state index is 0.0130. The molecule has 0 aliphatic rings. The summed E-state index contributed by atoms with van der Waals surface area (Å²) < 4.78 is 11.7. The molecule has 25 heavy (non-hydrogen) atoms. The monoisotopic (exact) mass is 345 g/mol. The molecule has 2 amide bonds. The van der Waals surface area contributed by atoms with Crippen molar-refractivity contribution in [1.29, 1.82) is 0 Å². The number of aliphatic hydroxyl groups is 1. The number of hydrogen-bond acceptors (Lipinski definition) is 5. The second-order valence-corrected chi connectivity index (χ2v) is 5.85. The van der Waals surface area contributed by atoms with E-state index in [9.17, 15) is 14.7 Å². The number of aromatic nitrogens is 1. The fraction of sp³-hybridized carbons (Fsp3) is 0.294. The first-order valence-electron chi connectivity index (χ1n) is 7.84. The van der Waals surface area contributed by atoms with Gasteiger partial charge in [-0.1, -0.05) is 12.1 Å². The normalized spacial score (nSPS) is 13.5. The predicted octanol–water partition coefficient (Wildman–Crippen LogP) is 1.39. The van der Waals surface area contributed by atoms with Crippen molar-refractivity contribution in [3.05, 3.63) is 59.0 Å². The Morgan fingerprint density at radius 1 is 1.24 bits per heavy atom. The zero-order chi connectivity index (χ0) is 17.9. The summed E-state index contributed by atoms with van der Waals surface area (Å²) in [4.78, 5) is 23.7. The molecule has 0 bridgehead atoms. The minimum Gasteiger partial charge on any atom is -0.466 e. The highest BCUT2D eigenvalue weighted by molar-refractivity contribution is 5.74. The molecule has 0 aliphatic heterocycles. The summed E-state index contributed by atoms with van der Waals surface area (Å²) >= 11 is 0. The van der Waals surface area contributed by atoms with E-state index < -0.39 is 17.4 Å². The number of oxazole rings is 1. The molecule has 3 N–H and O–H groups in total. The number of fused-ring (bicyclic) bond motifs is 1. The summed E-state index contributed by atoms with van der Waals surface area (Å²) in [5, 5.41) is 15.5. The van der Waals surface area contributed by atoms with Crippen LogP contribution in [0.2, 0.25) is 0 Å². The molecule has 1 atom stereocenters. The average Bonchev–Trinajstić information content (AvgIpc) is 3.22. The van der Waals surface area contributed by atoms with Crippen LogP contribution in [-0.4, -0.2) is 28.8 Å². The standard InChI is InChI=1S/C17H19N3O5/c1-17(23,14-7-4-10-24-14)11-19-15(21)18-8-9-20-12-5-2-3-6-13(12)25-16(20)22/h2-7,10,23H,8-9,11H2,1H3,(H2,18,19,21). The van der Waals surface area contributed by atoms with Gasteiger partial charge in [0.1, 0.15) is 11.4 Å². The number of amides is 2. The van der Waals surface area contributed by atoms with E-state index in [2.05, 4.69) is 10.6 Å². The van der Waals surface area contributed by atoms with E-state index in [0.717, 1.165) is 0 Å². The third-order valence-corrected chi connectivity index (χ3v) is 3.84. The highest BCUT2D eigenvalue weighted by Gasteiger charge is 2.26. The first-order valence-corrected chi connectivity index (χ1v) is 7.84. The molecule has 0 saturated carbocycles. The lowest BCUT2D eigenvalue weighted by Crippen LogP contribution is -2.44. The van der Waals surface area contributed by atoms with Crippen LogP contribution in [0.5, 0.6) is 0 Å². The summed E-state index contributed by atoms with van der Waals surface area (Å²) in [7, 11) is 0. The summed E-state index contributed by atoms with van der Waals surface area (Å²) in [6.07, 6.45) is 1.46. The average molecular weight is 345 g/mol. The topological polar surface area (TPSA) is 110 Å². The second kappa shape index (κ2) is 6.86. The highest BCUT2D eigenvalue weighted by Crippen LogP contribution is 2.19. The van der Waals surface area contributed by atoms with E-state index in [1.54, 1.807) is 37.3 Å². The zero-order valence-electron chi connectivity index (χ0n) is 13.7. The molecule has 3 aromatic rings. The van der Waals surface area contributed by atoms with E-state index in [-0.39, 0.29) is 19.6 Å². The van der Waals surface area contributed by atoms with E-state index in [1.165, 1.54) is 10.8 Å². The molecule has 0 spiro atoms. The number of carbonyl (C=O) groups is 1. The van der Waals surface area contributed by atoms with Crippen molar-refractivity contribution < 1.29 is 18.7 Å². The summed E-state index contributed by atoms with van der Waals surface area (Å²) in [5.74, 6) is -0.103. The predicted molar refractivity (Wildman–Crippen MR) is 90.2 cm³/mol. The molecule has 8 nitrogen and oxygen atoms in total. The summed E-state index contributed by atoms with van der Waals surface area (Å²) in [6, 6.07) is 9.93. The fourth-order valence-corrected chi connectivity index (χ4v) is 2.49. The number of para-hydroxylation sites is 2. The molecule has 2 aromatic heterocycles. The molecule has 3 rings (SSSR count). The molecule has 132 valence electrons. The lowest BCUT2D eigenvalue weighted by Gasteiger charge is -2.21. The number of benzene rings is 1. The number of furan rings is 1. The third-order valence-electron chi connectivity index (χ3n) is 3.84. The quantitative estimate of drug-likeness (QED) is 0.625. The number of nitrogens with one attached hydrogen (secondary N) is 2. The van der Waals surface area contributed by atoms with Crippen molar-refractivity contribution in [1.82, 2.24) is 15.2 Å². The van der Waals surface area contributed by atoms with Crippen LogP contribution < -0.4 is 16.4 Å². The van der Waals surface area contributed by atoms with Gasteiger partial charge in [0.25, 0.3) is 0 Å². The smallest absolute Gasteiger partial charge is 0.420 e. The van der Waals surface area contributed by atoms with Crippen LogP contribution in [0.1, 0.15) is 12.7 Å². The maximum Gasteiger partial charge on any atom is 0.420 e. The number of hydrogen-bond donors (Lipinski definition) is 3. The van der Waals surface area contributed by atoms with Crippen molar-refractivity contribution in [2.75, 3.05) is 13.1 Å². The van der Waals surface area contributed by atoms with Gasteiger partial charge in [0.2, 0.25) is 0 Å². The SMILES string of the molecule is CC(O)(CNC(=O)NCCn1c(=O)oc2ccccc21)c1ccco1. The van der Waals surface area contributed by atoms with Gasteiger partial charge in [-0.25, -0.2) is 9.59 Å². The van der Waals surface area contributed by atoms with Crippen LogP contribution in [-0.2, 0) is 12.1 Å². The minimum atomic E-state index is -1.31. The van der Waals surface area contributed by atoms with Crippen molar-refractivity contribution in [3.63, 3.8) is 0 Å². The zero-order valence-corrected chi connectivity index (χ0v) is 13.7. The summed E-state index contributed by atoms with van der Waals surface area (Å²) in [5.41, 5.74) is -0.125. The van der Waals surface area contributed by atoms with E-state index >= 15 is 0 Å². The van der Waals surface area contributed by atoms with Crippen molar-refractivity contribution in [2.24, 2.45) is 0 Å². The van der Waals surface area contributed by atoms with Crippen LogP contribution in [0, 0.1) is 0 Å². The maximum atomic E-state index is 11.9. The van der Waals surface area contributed by atoms with Gasteiger partial charge in [-0.05, 0) is 31.2 Å². The lowest BCUT2D eigenvalue weighted by atomic mass is 10.0. The number of carbonyl (C=O) groups excluding carboxylic acids is 1. The Labute approximate surface area is 143 Å². The number of nitrogens with zero attached hydrogens (tertiary/aromatic N) is 1. The molecule has 0 fully saturated rings. The molecule has 1 unspecified atom stereocenters. The Balaban J connectivity index is 1.51.